The fraction of sp³-hybridized carbons (Fsp3) is 0.300. The molecule has 2 aromatic rings. The van der Waals surface area contributed by atoms with Gasteiger partial charge in [-0.25, -0.2) is 0 Å². The minimum absolute atomic E-state index is 0.0290. The third-order valence-electron chi connectivity index (χ3n) is 4.37. The molecule has 6 heteroatoms. The molecular weight excluding hydrogens is 368 g/mol. The van der Waals surface area contributed by atoms with Gasteiger partial charge in [-0.05, 0) is 43.3 Å². The third-order valence-corrected chi connectivity index (χ3v) is 5.73. The first-order valence-corrected chi connectivity index (χ1v) is 9.85. The Hall–Kier alpha value is -1.98. The third kappa shape index (κ3) is 4.59. The number of amides is 2. The second-order valence-corrected chi connectivity index (χ2v) is 8.05. The van der Waals surface area contributed by atoms with Crippen molar-refractivity contribution in [3.05, 3.63) is 65.2 Å². The average molecular weight is 389 g/mol. The first-order chi connectivity index (χ1) is 12.5. The maximum atomic E-state index is 12.7. The highest BCUT2D eigenvalue weighted by atomic mass is 35.5. The van der Waals surface area contributed by atoms with E-state index < -0.39 is 0 Å². The number of piperazine rings is 1. The second kappa shape index (κ2) is 8.60. The summed E-state index contributed by atoms with van der Waals surface area (Å²) in [6.07, 6.45) is 0. The van der Waals surface area contributed by atoms with Crippen LogP contribution in [0.2, 0.25) is 5.02 Å². The number of carbonyl (C=O) groups is 2. The quantitative estimate of drug-likeness (QED) is 0.748. The summed E-state index contributed by atoms with van der Waals surface area (Å²) < 4.78 is 0. The topological polar surface area (TPSA) is 40.6 Å². The van der Waals surface area contributed by atoms with Crippen LogP contribution in [0.4, 0.5) is 0 Å². The van der Waals surface area contributed by atoms with E-state index in [1.165, 1.54) is 11.8 Å². The summed E-state index contributed by atoms with van der Waals surface area (Å²) in [4.78, 5) is 29.9. The highest BCUT2D eigenvalue weighted by Gasteiger charge is 2.27. The Kier molecular flexibility index (Phi) is 6.22. The summed E-state index contributed by atoms with van der Waals surface area (Å²) >= 11 is 7.43. The van der Waals surface area contributed by atoms with Crippen molar-refractivity contribution in [2.45, 2.75) is 17.1 Å². The number of halogens is 1. The maximum absolute atomic E-state index is 12.7. The van der Waals surface area contributed by atoms with E-state index in [0.717, 1.165) is 4.90 Å². The summed E-state index contributed by atoms with van der Waals surface area (Å²) in [7, 11) is 0. The van der Waals surface area contributed by atoms with Gasteiger partial charge >= 0.3 is 0 Å². The van der Waals surface area contributed by atoms with Crippen LogP contribution in [0, 0.1) is 0 Å². The van der Waals surface area contributed by atoms with Gasteiger partial charge in [0.05, 0.1) is 5.25 Å². The van der Waals surface area contributed by atoms with E-state index in [0.29, 0.717) is 36.8 Å². The molecule has 0 aliphatic carbocycles. The molecule has 0 unspecified atom stereocenters. The molecule has 0 bridgehead atoms. The van der Waals surface area contributed by atoms with Crippen LogP contribution >= 0.6 is 23.4 Å². The molecule has 1 atom stereocenters. The fourth-order valence-electron chi connectivity index (χ4n) is 2.92. The van der Waals surface area contributed by atoms with Crippen LogP contribution in [-0.2, 0) is 4.79 Å². The monoisotopic (exact) mass is 388 g/mol. The fourth-order valence-corrected chi connectivity index (χ4v) is 4.00. The summed E-state index contributed by atoms with van der Waals surface area (Å²) in [5.41, 5.74) is 0.693. The molecule has 26 heavy (non-hydrogen) atoms. The highest BCUT2D eigenvalue weighted by molar-refractivity contribution is 8.00. The van der Waals surface area contributed by atoms with E-state index in [1.54, 1.807) is 0 Å². The van der Waals surface area contributed by atoms with Crippen molar-refractivity contribution in [2.24, 2.45) is 0 Å². The van der Waals surface area contributed by atoms with E-state index >= 15 is 0 Å². The van der Waals surface area contributed by atoms with Crippen molar-refractivity contribution in [1.29, 1.82) is 0 Å². The Morgan fingerprint density at radius 3 is 2.12 bits per heavy atom. The maximum Gasteiger partial charge on any atom is 0.253 e. The molecule has 0 radical (unpaired) electrons. The minimum Gasteiger partial charge on any atom is -0.338 e. The first-order valence-electron chi connectivity index (χ1n) is 8.60. The van der Waals surface area contributed by atoms with Crippen LogP contribution in [0.3, 0.4) is 0 Å². The minimum atomic E-state index is -0.174. The van der Waals surface area contributed by atoms with Gasteiger partial charge in [-0.15, -0.1) is 11.8 Å². The average Bonchev–Trinajstić information content (AvgIpc) is 2.69. The van der Waals surface area contributed by atoms with Gasteiger partial charge in [0.2, 0.25) is 5.91 Å². The smallest absolute Gasteiger partial charge is 0.253 e. The number of thioether (sulfide) groups is 1. The Labute approximate surface area is 163 Å². The van der Waals surface area contributed by atoms with Gasteiger partial charge in [-0.2, -0.15) is 0 Å². The molecule has 0 spiro atoms. The lowest BCUT2D eigenvalue weighted by Gasteiger charge is -2.36. The lowest BCUT2D eigenvalue weighted by Crippen LogP contribution is -2.52. The zero-order valence-corrected chi connectivity index (χ0v) is 16.2. The molecule has 0 aromatic heterocycles. The number of hydrogen-bond acceptors (Lipinski definition) is 3. The Morgan fingerprint density at radius 1 is 0.923 bits per heavy atom. The van der Waals surface area contributed by atoms with E-state index in [2.05, 4.69) is 0 Å². The predicted molar refractivity (Wildman–Crippen MR) is 106 cm³/mol. The van der Waals surface area contributed by atoms with Crippen molar-refractivity contribution in [2.75, 3.05) is 26.2 Å². The Bertz CT molecular complexity index is 759. The number of benzene rings is 2. The van der Waals surface area contributed by atoms with Crippen LogP contribution in [0.1, 0.15) is 17.3 Å². The van der Waals surface area contributed by atoms with Crippen LogP contribution in [0.5, 0.6) is 0 Å². The van der Waals surface area contributed by atoms with Crippen molar-refractivity contribution in [3.63, 3.8) is 0 Å². The standard InChI is InChI=1S/C20H21ClN2O2S/c1-15(26-18-9-7-17(21)8-10-18)19(24)22-11-13-23(14-12-22)20(25)16-5-3-2-4-6-16/h2-10,15H,11-14H2,1H3/t15-/m1/s1. The second-order valence-electron chi connectivity index (χ2n) is 6.20. The number of rotatable bonds is 4. The van der Waals surface area contributed by atoms with Gasteiger partial charge in [0, 0.05) is 41.7 Å². The van der Waals surface area contributed by atoms with Gasteiger partial charge in [-0.3, -0.25) is 9.59 Å². The Morgan fingerprint density at radius 2 is 1.50 bits per heavy atom. The molecule has 4 nitrogen and oxygen atoms in total. The molecule has 1 heterocycles. The molecular formula is C20H21ClN2O2S. The largest absolute Gasteiger partial charge is 0.338 e. The molecule has 136 valence electrons. The lowest BCUT2D eigenvalue weighted by molar-refractivity contribution is -0.131. The molecule has 1 saturated heterocycles. The summed E-state index contributed by atoms with van der Waals surface area (Å²) in [5, 5.41) is 0.514. The first kappa shape index (κ1) is 18.8. The molecule has 1 fully saturated rings. The van der Waals surface area contributed by atoms with Gasteiger partial charge in [-0.1, -0.05) is 29.8 Å². The van der Waals surface area contributed by atoms with Crippen LogP contribution in [0.25, 0.3) is 0 Å². The normalized spacial score (nSPS) is 15.6. The number of carbonyl (C=O) groups excluding carboxylic acids is 2. The van der Waals surface area contributed by atoms with E-state index in [1.807, 2.05) is 71.3 Å². The van der Waals surface area contributed by atoms with Crippen molar-refractivity contribution in [3.8, 4) is 0 Å². The molecule has 1 aliphatic heterocycles. The van der Waals surface area contributed by atoms with Crippen molar-refractivity contribution in [1.82, 2.24) is 9.80 Å². The number of nitrogens with zero attached hydrogens (tertiary/aromatic N) is 2. The molecule has 3 rings (SSSR count). The number of hydrogen-bond donors (Lipinski definition) is 0. The molecule has 2 amide bonds. The van der Waals surface area contributed by atoms with E-state index in [4.69, 9.17) is 11.6 Å². The molecule has 1 aliphatic rings. The van der Waals surface area contributed by atoms with Gasteiger partial charge < -0.3 is 9.80 Å². The van der Waals surface area contributed by atoms with Gasteiger partial charge in [0.15, 0.2) is 0 Å². The summed E-state index contributed by atoms with van der Waals surface area (Å²) in [6, 6.07) is 16.8. The Balaban J connectivity index is 1.53. The molecule has 0 N–H and O–H groups in total. The van der Waals surface area contributed by atoms with Crippen molar-refractivity contribution < 1.29 is 9.59 Å². The van der Waals surface area contributed by atoms with Crippen LogP contribution in [0.15, 0.2) is 59.5 Å². The molecule has 0 saturated carbocycles. The highest BCUT2D eigenvalue weighted by Crippen LogP contribution is 2.26. The van der Waals surface area contributed by atoms with Crippen molar-refractivity contribution >= 4 is 35.2 Å². The summed E-state index contributed by atoms with van der Waals surface area (Å²) in [5.74, 6) is 0.137. The SMILES string of the molecule is C[C@@H](Sc1ccc(Cl)cc1)C(=O)N1CCN(C(=O)c2ccccc2)CC1. The zero-order chi connectivity index (χ0) is 18.5. The lowest BCUT2D eigenvalue weighted by atomic mass is 10.2. The predicted octanol–water partition coefficient (Wildman–Crippen LogP) is 3.81. The van der Waals surface area contributed by atoms with E-state index in [-0.39, 0.29) is 17.1 Å². The summed E-state index contributed by atoms with van der Waals surface area (Å²) in [6.45, 7) is 4.20. The van der Waals surface area contributed by atoms with Gasteiger partial charge in [0.25, 0.3) is 5.91 Å². The van der Waals surface area contributed by atoms with Crippen LogP contribution in [-0.4, -0.2) is 53.0 Å². The van der Waals surface area contributed by atoms with Gasteiger partial charge in [0.1, 0.15) is 0 Å². The van der Waals surface area contributed by atoms with Crippen LogP contribution < -0.4 is 0 Å². The van der Waals surface area contributed by atoms with E-state index in [9.17, 15) is 9.59 Å². The molecule has 2 aromatic carbocycles. The zero-order valence-electron chi connectivity index (χ0n) is 14.6.